The summed E-state index contributed by atoms with van der Waals surface area (Å²) in [6.07, 6.45) is 2.20. The summed E-state index contributed by atoms with van der Waals surface area (Å²) in [4.78, 5) is 16.9. The van der Waals surface area contributed by atoms with Gasteiger partial charge in [0, 0.05) is 28.1 Å². The zero-order chi connectivity index (χ0) is 20.5. The van der Waals surface area contributed by atoms with E-state index in [-0.39, 0.29) is 5.41 Å². The van der Waals surface area contributed by atoms with Crippen LogP contribution in [0.2, 0.25) is 5.02 Å². The molecule has 5 nitrogen and oxygen atoms in total. The molecule has 150 valence electrons. The topological polar surface area (TPSA) is 62.7 Å². The number of benzene rings is 1. The van der Waals surface area contributed by atoms with Gasteiger partial charge in [0.2, 0.25) is 5.95 Å². The molecule has 1 aliphatic rings. The smallest absolute Gasteiger partial charge is 0.407 e. The van der Waals surface area contributed by atoms with E-state index in [1.807, 2.05) is 20.8 Å². The van der Waals surface area contributed by atoms with Crippen LogP contribution in [0, 0.1) is 11.4 Å². The lowest BCUT2D eigenvalue weighted by atomic mass is 10.0. The Balaban J connectivity index is 1.72. The van der Waals surface area contributed by atoms with Crippen molar-refractivity contribution in [3.63, 3.8) is 0 Å². The monoisotopic (exact) mass is 406 g/mol. The number of rotatable bonds is 6. The van der Waals surface area contributed by atoms with E-state index in [2.05, 4.69) is 4.98 Å². The number of nitrogens with zero attached hydrogens (tertiary/aromatic N) is 2. The van der Waals surface area contributed by atoms with Gasteiger partial charge in [-0.15, -0.1) is 0 Å². The van der Waals surface area contributed by atoms with Crippen LogP contribution in [-0.2, 0) is 0 Å². The van der Waals surface area contributed by atoms with Crippen molar-refractivity contribution in [1.82, 2.24) is 9.88 Å². The molecule has 1 amide bonds. The molecule has 1 heterocycles. The third-order valence-electron chi connectivity index (χ3n) is 5.01. The number of halogens is 2. The summed E-state index contributed by atoms with van der Waals surface area (Å²) in [7, 11) is 0. The van der Waals surface area contributed by atoms with E-state index in [4.69, 9.17) is 16.3 Å². The van der Waals surface area contributed by atoms with Gasteiger partial charge in [-0.3, -0.25) is 0 Å². The van der Waals surface area contributed by atoms with Gasteiger partial charge in [0.05, 0.1) is 12.8 Å². The highest BCUT2D eigenvalue weighted by Crippen LogP contribution is 2.47. The summed E-state index contributed by atoms with van der Waals surface area (Å²) in [6, 6.07) is 8.44. The first-order valence-electron chi connectivity index (χ1n) is 9.15. The molecule has 1 aromatic heterocycles. The molecule has 1 aromatic carbocycles. The van der Waals surface area contributed by atoms with E-state index >= 15 is 0 Å². The lowest BCUT2D eigenvalue weighted by molar-refractivity contribution is 0.0746. The van der Waals surface area contributed by atoms with Gasteiger partial charge in [0.25, 0.3) is 0 Å². The Labute approximate surface area is 169 Å². The molecule has 0 atom stereocenters. The normalized spacial score (nSPS) is 15.2. The Kier molecular flexibility index (Phi) is 5.53. The Morgan fingerprint density at radius 3 is 2.50 bits per heavy atom. The number of carbonyl (C=O) groups is 1. The first-order valence-corrected chi connectivity index (χ1v) is 9.52. The summed E-state index contributed by atoms with van der Waals surface area (Å²) < 4.78 is 20.1. The maximum Gasteiger partial charge on any atom is 0.407 e. The van der Waals surface area contributed by atoms with Crippen molar-refractivity contribution in [3.05, 3.63) is 47.5 Å². The number of pyridine rings is 1. The summed E-state index contributed by atoms with van der Waals surface area (Å²) >= 11 is 5.89. The molecule has 0 spiro atoms. The van der Waals surface area contributed by atoms with E-state index in [0.29, 0.717) is 35.1 Å². The Morgan fingerprint density at radius 2 is 1.96 bits per heavy atom. The fourth-order valence-corrected chi connectivity index (χ4v) is 3.15. The number of carboxylic acid groups (broad SMARTS) is 1. The van der Waals surface area contributed by atoms with Crippen molar-refractivity contribution in [2.75, 3.05) is 13.2 Å². The van der Waals surface area contributed by atoms with E-state index in [1.54, 1.807) is 30.3 Å². The number of ether oxygens (including phenoxy) is 1. The quantitative estimate of drug-likeness (QED) is 0.645. The third kappa shape index (κ3) is 4.73. The van der Waals surface area contributed by atoms with Gasteiger partial charge in [-0.2, -0.15) is 4.39 Å². The molecule has 1 aliphatic carbocycles. The summed E-state index contributed by atoms with van der Waals surface area (Å²) in [5.74, 6) is -0.129. The number of hydrogen-bond acceptors (Lipinski definition) is 3. The SMILES string of the molecule is CC(C)(C)N(CC1(COc2cnc(F)c(-c3ccc(Cl)cc3)c2)CC1)C(=O)O. The van der Waals surface area contributed by atoms with Crippen LogP contribution in [0.4, 0.5) is 9.18 Å². The molecular weight excluding hydrogens is 383 g/mol. The predicted molar refractivity (Wildman–Crippen MR) is 106 cm³/mol. The van der Waals surface area contributed by atoms with Crippen molar-refractivity contribution in [2.24, 2.45) is 5.41 Å². The highest BCUT2D eigenvalue weighted by Gasteiger charge is 2.47. The van der Waals surface area contributed by atoms with Gasteiger partial charge >= 0.3 is 6.09 Å². The molecule has 0 saturated heterocycles. The number of aromatic nitrogens is 1. The zero-order valence-corrected chi connectivity index (χ0v) is 17.0. The Bertz CT molecular complexity index is 861. The van der Waals surface area contributed by atoms with E-state index < -0.39 is 17.6 Å². The van der Waals surface area contributed by atoms with Gasteiger partial charge in [0.1, 0.15) is 5.75 Å². The maximum atomic E-state index is 14.2. The van der Waals surface area contributed by atoms with Crippen molar-refractivity contribution >= 4 is 17.7 Å². The molecule has 1 saturated carbocycles. The van der Waals surface area contributed by atoms with Crippen molar-refractivity contribution in [3.8, 4) is 16.9 Å². The molecule has 7 heteroatoms. The zero-order valence-electron chi connectivity index (χ0n) is 16.2. The van der Waals surface area contributed by atoms with Gasteiger partial charge < -0.3 is 14.7 Å². The standard InChI is InChI=1S/C21H24ClFN2O3/c1-20(2,3)25(19(26)27)12-21(8-9-21)13-28-16-10-17(18(23)24-11-16)14-4-6-15(22)7-5-14/h4-7,10-11H,8-9,12-13H2,1-3H3,(H,26,27). The second-order valence-electron chi connectivity index (χ2n) is 8.34. The molecule has 0 radical (unpaired) electrons. The first kappa shape index (κ1) is 20.4. The minimum absolute atomic E-state index is 0.208. The van der Waals surface area contributed by atoms with E-state index in [9.17, 15) is 14.3 Å². The van der Waals surface area contributed by atoms with E-state index in [0.717, 1.165) is 12.8 Å². The van der Waals surface area contributed by atoms with Crippen molar-refractivity contribution in [1.29, 1.82) is 0 Å². The number of amides is 1. The van der Waals surface area contributed by atoms with E-state index in [1.165, 1.54) is 11.1 Å². The predicted octanol–water partition coefficient (Wildman–Crippen LogP) is 5.48. The van der Waals surface area contributed by atoms with Crippen LogP contribution in [0.5, 0.6) is 5.75 Å². The summed E-state index contributed by atoms with van der Waals surface area (Å²) in [5.41, 5.74) is 0.299. The minimum atomic E-state index is -0.938. The van der Waals surface area contributed by atoms with Gasteiger partial charge in [-0.05, 0) is 57.4 Å². The molecule has 1 fully saturated rings. The second-order valence-corrected chi connectivity index (χ2v) is 8.78. The van der Waals surface area contributed by atoms with Gasteiger partial charge in [-0.25, -0.2) is 9.78 Å². The fraction of sp³-hybridized carbons (Fsp3) is 0.429. The first-order chi connectivity index (χ1) is 13.1. The van der Waals surface area contributed by atoms with Crippen LogP contribution >= 0.6 is 11.6 Å². The van der Waals surface area contributed by atoms with Crippen LogP contribution in [0.3, 0.4) is 0 Å². The maximum absolute atomic E-state index is 14.2. The molecule has 0 unspecified atom stereocenters. The molecule has 28 heavy (non-hydrogen) atoms. The summed E-state index contributed by atoms with van der Waals surface area (Å²) in [5, 5.41) is 10.1. The lowest BCUT2D eigenvalue weighted by Crippen LogP contribution is -2.48. The van der Waals surface area contributed by atoms with Crippen LogP contribution in [-0.4, -0.2) is 39.8 Å². The molecule has 1 N–H and O–H groups in total. The highest BCUT2D eigenvalue weighted by molar-refractivity contribution is 6.30. The molecule has 2 aromatic rings. The number of hydrogen-bond donors (Lipinski definition) is 1. The van der Waals surface area contributed by atoms with Crippen molar-refractivity contribution in [2.45, 2.75) is 39.2 Å². The molecule has 0 bridgehead atoms. The highest BCUT2D eigenvalue weighted by atomic mass is 35.5. The average Bonchev–Trinajstić information content (AvgIpc) is 3.39. The largest absolute Gasteiger partial charge is 0.491 e. The lowest BCUT2D eigenvalue weighted by Gasteiger charge is -2.36. The van der Waals surface area contributed by atoms with Crippen LogP contribution in [0.25, 0.3) is 11.1 Å². The van der Waals surface area contributed by atoms with Gasteiger partial charge in [-0.1, -0.05) is 23.7 Å². The van der Waals surface area contributed by atoms with Crippen LogP contribution < -0.4 is 4.74 Å². The second kappa shape index (κ2) is 7.59. The van der Waals surface area contributed by atoms with Crippen LogP contribution in [0.1, 0.15) is 33.6 Å². The molecule has 3 rings (SSSR count). The van der Waals surface area contributed by atoms with Gasteiger partial charge in [0.15, 0.2) is 0 Å². The molecule has 0 aliphatic heterocycles. The third-order valence-corrected chi connectivity index (χ3v) is 5.26. The fourth-order valence-electron chi connectivity index (χ4n) is 3.03. The summed E-state index contributed by atoms with van der Waals surface area (Å²) in [6.45, 7) is 6.39. The average molecular weight is 407 g/mol. The van der Waals surface area contributed by atoms with Crippen molar-refractivity contribution < 1.29 is 19.0 Å². The van der Waals surface area contributed by atoms with Crippen LogP contribution in [0.15, 0.2) is 36.5 Å². The Morgan fingerprint density at radius 1 is 1.32 bits per heavy atom. The minimum Gasteiger partial charge on any atom is -0.491 e. The molecular formula is C21H24ClFN2O3. The Hall–Kier alpha value is -2.34.